The SMILES string of the molecule is C[S+](C)(=O)/C=C(\[N-]c1ccc([N+](=O)[O-])cc1)c1ccccc1. The molecule has 0 atom stereocenters. The van der Waals surface area contributed by atoms with Crippen molar-refractivity contribution in [2.45, 2.75) is 0 Å². The lowest BCUT2D eigenvalue weighted by molar-refractivity contribution is -0.384. The van der Waals surface area contributed by atoms with Gasteiger partial charge >= 0.3 is 0 Å². The first-order valence-corrected chi connectivity index (χ1v) is 8.96. The Morgan fingerprint density at radius 2 is 1.68 bits per heavy atom. The van der Waals surface area contributed by atoms with Gasteiger partial charge in [-0.25, -0.2) is 0 Å². The number of nitro benzene ring substituents is 1. The first kappa shape index (κ1) is 15.9. The lowest BCUT2D eigenvalue weighted by Crippen LogP contribution is -2.00. The highest BCUT2D eigenvalue weighted by atomic mass is 32.2. The van der Waals surface area contributed by atoms with Crippen LogP contribution in [0.1, 0.15) is 5.56 Å². The van der Waals surface area contributed by atoms with Crippen LogP contribution in [0, 0.1) is 10.1 Å². The van der Waals surface area contributed by atoms with Gasteiger partial charge in [-0.1, -0.05) is 48.2 Å². The molecule has 114 valence electrons. The molecule has 0 fully saturated rings. The zero-order valence-corrected chi connectivity index (χ0v) is 13.1. The van der Waals surface area contributed by atoms with Gasteiger partial charge in [-0.2, -0.15) is 0 Å². The third-order valence-corrected chi connectivity index (χ3v) is 3.57. The highest BCUT2D eigenvalue weighted by Gasteiger charge is 2.08. The second-order valence-electron chi connectivity index (χ2n) is 5.06. The highest BCUT2D eigenvalue weighted by Crippen LogP contribution is 2.32. The van der Waals surface area contributed by atoms with Crippen molar-refractivity contribution in [2.75, 3.05) is 12.5 Å². The molecule has 0 saturated heterocycles. The Kier molecular flexibility index (Phi) is 4.72. The van der Waals surface area contributed by atoms with Crippen molar-refractivity contribution in [3.8, 4) is 0 Å². The Bertz CT molecular complexity index is 734. The molecule has 2 aromatic rings. The minimum absolute atomic E-state index is 0.0129. The van der Waals surface area contributed by atoms with Crippen molar-refractivity contribution < 1.29 is 9.13 Å². The molecule has 0 aliphatic carbocycles. The van der Waals surface area contributed by atoms with E-state index in [1.54, 1.807) is 30.1 Å². The second kappa shape index (κ2) is 6.53. The number of hydrogen-bond donors (Lipinski definition) is 0. The molecule has 0 amide bonds. The van der Waals surface area contributed by atoms with Gasteiger partial charge in [0.05, 0.1) is 4.92 Å². The molecule has 0 aliphatic heterocycles. The van der Waals surface area contributed by atoms with Crippen LogP contribution in [-0.2, 0) is 14.1 Å². The van der Waals surface area contributed by atoms with Crippen LogP contribution >= 0.6 is 0 Å². The van der Waals surface area contributed by atoms with E-state index in [0.717, 1.165) is 5.56 Å². The molecule has 2 rings (SSSR count). The van der Waals surface area contributed by atoms with E-state index < -0.39 is 14.9 Å². The summed E-state index contributed by atoms with van der Waals surface area (Å²) in [5, 5.41) is 16.8. The lowest BCUT2D eigenvalue weighted by Gasteiger charge is -2.25. The zero-order valence-electron chi connectivity index (χ0n) is 12.3. The third kappa shape index (κ3) is 4.53. The molecular weight excluding hydrogens is 300 g/mol. The van der Waals surface area contributed by atoms with E-state index in [1.807, 2.05) is 30.3 Å². The summed E-state index contributed by atoms with van der Waals surface area (Å²) in [7, 11) is -2.13. The van der Waals surface area contributed by atoms with Gasteiger partial charge in [0.25, 0.3) is 5.69 Å². The van der Waals surface area contributed by atoms with E-state index >= 15 is 0 Å². The minimum atomic E-state index is -2.13. The standard InChI is InChI=1S/C16H16N2O3S/c1-22(2,21)12-16(13-6-4-3-5-7-13)17-14-8-10-15(11-9-14)18(19)20/h3-12H,1-2H3/b16-12-. The molecule has 0 aromatic heterocycles. The second-order valence-corrected chi connectivity index (χ2v) is 7.92. The Hall–Kier alpha value is -2.47. The maximum atomic E-state index is 12.1. The van der Waals surface area contributed by atoms with Crippen molar-refractivity contribution in [2.24, 2.45) is 0 Å². The quantitative estimate of drug-likeness (QED) is 0.467. The fraction of sp³-hybridized carbons (Fsp3) is 0.125. The normalized spacial score (nSPS) is 12.0. The topological polar surface area (TPSA) is 74.3 Å². The Morgan fingerprint density at radius 1 is 1.09 bits per heavy atom. The van der Waals surface area contributed by atoms with Crippen molar-refractivity contribution >= 4 is 27.0 Å². The number of non-ortho nitro benzene ring substituents is 1. The highest BCUT2D eigenvalue weighted by molar-refractivity contribution is 8.04. The van der Waals surface area contributed by atoms with Crippen LogP contribution in [0.15, 0.2) is 60.0 Å². The molecule has 0 heterocycles. The molecule has 0 bridgehead atoms. The average Bonchev–Trinajstić information content (AvgIpc) is 2.47. The summed E-state index contributed by atoms with van der Waals surface area (Å²) in [6.07, 6.45) is 3.28. The monoisotopic (exact) mass is 316 g/mol. The molecule has 22 heavy (non-hydrogen) atoms. The van der Waals surface area contributed by atoms with Gasteiger partial charge in [-0.15, -0.1) is 9.90 Å². The maximum Gasteiger partial charge on any atom is 0.269 e. The smallest absolute Gasteiger partial charge is 0.269 e. The Balaban J connectivity index is 2.33. The predicted molar refractivity (Wildman–Crippen MR) is 90.4 cm³/mol. The van der Waals surface area contributed by atoms with Crippen LogP contribution in [0.5, 0.6) is 0 Å². The number of rotatable bonds is 5. The van der Waals surface area contributed by atoms with E-state index in [4.69, 9.17) is 0 Å². The van der Waals surface area contributed by atoms with Crippen LogP contribution in [0.25, 0.3) is 11.0 Å². The first-order chi connectivity index (χ1) is 10.3. The van der Waals surface area contributed by atoms with Crippen molar-refractivity contribution in [1.82, 2.24) is 0 Å². The van der Waals surface area contributed by atoms with Gasteiger partial charge < -0.3 is 5.32 Å². The largest absolute Gasteiger partial charge is 0.654 e. The average molecular weight is 316 g/mol. The van der Waals surface area contributed by atoms with Gasteiger partial charge in [-0.05, 0) is 5.56 Å². The van der Waals surface area contributed by atoms with Gasteiger partial charge in [-0.3, -0.25) is 10.1 Å². The Labute approximate surface area is 130 Å². The molecule has 2 aromatic carbocycles. The predicted octanol–water partition coefficient (Wildman–Crippen LogP) is 4.36. The van der Waals surface area contributed by atoms with Gasteiger partial charge in [0.15, 0.2) is 0 Å². The van der Waals surface area contributed by atoms with E-state index in [2.05, 4.69) is 5.32 Å². The summed E-state index contributed by atoms with van der Waals surface area (Å²) >= 11 is 0. The summed E-state index contributed by atoms with van der Waals surface area (Å²) in [4.78, 5) is 10.2. The molecule has 0 radical (unpaired) electrons. The minimum Gasteiger partial charge on any atom is -0.654 e. The first-order valence-electron chi connectivity index (χ1n) is 6.53. The van der Waals surface area contributed by atoms with Crippen LogP contribution in [0.2, 0.25) is 0 Å². The molecule has 0 saturated carbocycles. The number of benzene rings is 2. The van der Waals surface area contributed by atoms with Crippen LogP contribution in [0.4, 0.5) is 11.4 Å². The molecular formula is C16H16N2O3S. The zero-order chi connectivity index (χ0) is 16.2. The van der Waals surface area contributed by atoms with E-state index in [-0.39, 0.29) is 5.69 Å². The molecule has 0 spiro atoms. The summed E-state index contributed by atoms with van der Waals surface area (Å²) in [5.74, 6) is 0. The molecule has 0 aliphatic rings. The molecule has 5 nitrogen and oxygen atoms in total. The van der Waals surface area contributed by atoms with Crippen molar-refractivity contribution in [3.63, 3.8) is 0 Å². The summed E-state index contributed by atoms with van der Waals surface area (Å²) in [5.41, 5.74) is 2.02. The summed E-state index contributed by atoms with van der Waals surface area (Å²) < 4.78 is 12.1. The van der Waals surface area contributed by atoms with Gasteiger partial charge in [0.2, 0.25) is 0 Å². The van der Waals surface area contributed by atoms with Crippen LogP contribution in [-0.4, -0.2) is 17.4 Å². The molecule has 0 N–H and O–H groups in total. The number of nitro groups is 1. The number of hydrogen-bond acceptors (Lipinski definition) is 3. The fourth-order valence-corrected chi connectivity index (χ4v) is 2.55. The van der Waals surface area contributed by atoms with Gasteiger partial charge in [0.1, 0.15) is 27.9 Å². The van der Waals surface area contributed by atoms with Gasteiger partial charge in [0, 0.05) is 12.1 Å². The van der Waals surface area contributed by atoms with Crippen molar-refractivity contribution in [3.05, 3.63) is 81.0 Å². The van der Waals surface area contributed by atoms with E-state index in [9.17, 15) is 14.3 Å². The van der Waals surface area contributed by atoms with Crippen molar-refractivity contribution in [1.29, 1.82) is 0 Å². The van der Waals surface area contributed by atoms with Crippen LogP contribution in [0.3, 0.4) is 0 Å². The van der Waals surface area contributed by atoms with E-state index in [1.165, 1.54) is 12.1 Å². The summed E-state index contributed by atoms with van der Waals surface area (Å²) in [6.45, 7) is 0. The van der Waals surface area contributed by atoms with Crippen LogP contribution < -0.4 is 0 Å². The molecule has 6 heteroatoms. The van der Waals surface area contributed by atoms with E-state index in [0.29, 0.717) is 11.4 Å². The maximum absolute atomic E-state index is 12.1. The lowest BCUT2D eigenvalue weighted by atomic mass is 10.1. The summed E-state index contributed by atoms with van der Waals surface area (Å²) in [6, 6.07) is 15.3. The fourth-order valence-electron chi connectivity index (χ4n) is 1.82. The molecule has 0 unspecified atom stereocenters. The number of nitrogens with zero attached hydrogens (tertiary/aromatic N) is 2. The Morgan fingerprint density at radius 3 is 2.18 bits per heavy atom. The third-order valence-electron chi connectivity index (χ3n) is 2.78.